The van der Waals surface area contributed by atoms with Gasteiger partial charge in [0.15, 0.2) is 0 Å². The fourth-order valence-electron chi connectivity index (χ4n) is 10.2. The Morgan fingerprint density at radius 3 is 1.20 bits per heavy atom. The van der Waals surface area contributed by atoms with E-state index < -0.39 is 21.5 Å². The summed E-state index contributed by atoms with van der Waals surface area (Å²) in [5.74, 6) is -1.73. The van der Waals surface area contributed by atoms with E-state index in [9.17, 15) is 0 Å². The number of halogens is 2. The van der Waals surface area contributed by atoms with Crippen molar-refractivity contribution in [2.24, 2.45) is 0 Å². The molecule has 283 valence electrons. The predicted octanol–water partition coefficient (Wildman–Crippen LogP) is 16.1. The van der Waals surface area contributed by atoms with Crippen molar-refractivity contribution in [3.8, 4) is 44.5 Å². The summed E-state index contributed by atoms with van der Waals surface area (Å²) in [7, 11) is 17.9. The summed E-state index contributed by atoms with van der Waals surface area (Å²) in [6.45, 7) is 14.1. The maximum atomic E-state index is 8.94. The molecule has 2 unspecified atom stereocenters. The van der Waals surface area contributed by atoms with Crippen LogP contribution in [0.2, 0.25) is 13.1 Å². The van der Waals surface area contributed by atoms with E-state index in [1.54, 1.807) is 0 Å². The molecule has 0 fully saturated rings. The van der Waals surface area contributed by atoms with Crippen LogP contribution in [0.3, 0.4) is 0 Å². The number of benzene rings is 6. The first kappa shape index (κ1) is 39.3. The molecule has 0 bridgehead atoms. The van der Waals surface area contributed by atoms with Crippen LogP contribution in [0.15, 0.2) is 145 Å². The molecule has 0 N–H and O–H groups in total. The molecular formula is C52H53Cl2SiZr. The van der Waals surface area contributed by atoms with Gasteiger partial charge < -0.3 is 0 Å². The van der Waals surface area contributed by atoms with Gasteiger partial charge in [-0.1, -0.05) is 0 Å². The van der Waals surface area contributed by atoms with E-state index in [0.717, 1.165) is 25.7 Å². The van der Waals surface area contributed by atoms with Gasteiger partial charge >= 0.3 is 347 Å². The molecule has 0 aromatic heterocycles. The van der Waals surface area contributed by atoms with Crippen LogP contribution in [0.4, 0.5) is 0 Å². The van der Waals surface area contributed by atoms with Gasteiger partial charge in [-0.2, -0.15) is 0 Å². The van der Waals surface area contributed by atoms with Gasteiger partial charge in [-0.05, 0) is 0 Å². The molecule has 0 aliphatic heterocycles. The number of hydrogen-bond acceptors (Lipinski definition) is 0. The van der Waals surface area contributed by atoms with Crippen molar-refractivity contribution < 1.29 is 15.6 Å². The van der Waals surface area contributed by atoms with E-state index in [4.69, 9.17) is 17.0 Å². The quantitative estimate of drug-likeness (QED) is 0.114. The molecule has 0 nitrogen and oxygen atoms in total. The molecule has 0 saturated carbocycles. The molecule has 2 aliphatic rings. The van der Waals surface area contributed by atoms with Gasteiger partial charge in [0.2, 0.25) is 0 Å². The summed E-state index contributed by atoms with van der Waals surface area (Å²) in [6.07, 6.45) is 9.19. The Morgan fingerprint density at radius 2 is 0.839 bits per heavy atom. The molecule has 0 heterocycles. The van der Waals surface area contributed by atoms with Crippen LogP contribution >= 0.6 is 17.0 Å². The number of rotatable bonds is 11. The summed E-state index contributed by atoms with van der Waals surface area (Å²) >= 11 is -5.01. The van der Waals surface area contributed by atoms with Crippen molar-refractivity contribution in [2.45, 2.75) is 73.7 Å². The van der Waals surface area contributed by atoms with Crippen LogP contribution in [0.25, 0.3) is 56.7 Å². The monoisotopic (exact) mass is 865 g/mol. The molecule has 2 atom stereocenters. The third kappa shape index (κ3) is 6.44. The van der Waals surface area contributed by atoms with Crippen molar-refractivity contribution in [3.05, 3.63) is 178 Å². The maximum absolute atomic E-state index is 8.94. The van der Waals surface area contributed by atoms with Crippen LogP contribution in [-0.2, 0) is 15.6 Å². The molecule has 56 heavy (non-hydrogen) atoms. The van der Waals surface area contributed by atoms with Gasteiger partial charge in [-0.15, -0.1) is 0 Å². The Bertz CT molecular complexity index is 2330. The fourth-order valence-corrected chi connectivity index (χ4v) is 41.7. The van der Waals surface area contributed by atoms with Gasteiger partial charge in [0.1, 0.15) is 0 Å². The number of aryl methyl sites for hydroxylation is 2. The van der Waals surface area contributed by atoms with E-state index in [0.29, 0.717) is 0 Å². The van der Waals surface area contributed by atoms with Gasteiger partial charge in [0.25, 0.3) is 0 Å². The van der Waals surface area contributed by atoms with Crippen LogP contribution in [0.1, 0.15) is 80.2 Å². The Balaban J connectivity index is 1.37. The average molecular weight is 868 g/mol. The van der Waals surface area contributed by atoms with E-state index in [-0.39, 0.29) is 7.25 Å². The van der Waals surface area contributed by atoms with E-state index in [1.165, 1.54) is 89.0 Å². The molecule has 8 rings (SSSR count). The minimum atomic E-state index is -5.01. The summed E-state index contributed by atoms with van der Waals surface area (Å²) in [5.41, 5.74) is 21.0. The first-order valence-electron chi connectivity index (χ1n) is 20.6. The molecule has 4 heteroatoms. The van der Waals surface area contributed by atoms with E-state index in [1.807, 2.05) is 0 Å². The fraction of sp³-hybridized carbons (Fsp3) is 0.231. The van der Waals surface area contributed by atoms with E-state index >= 15 is 0 Å². The van der Waals surface area contributed by atoms with Crippen LogP contribution in [0.5, 0.6) is 0 Å². The Kier molecular flexibility index (Phi) is 11.0. The summed E-state index contributed by atoms with van der Waals surface area (Å²) < 4.78 is 0.115. The standard InChI is InChI=1S/2C25H23.C2H7Si.2ClH.Zr/c2*1-3-9-19-16-21-15-14-18(2)25(24(21)17-19)23-13-8-7-12-22(23)20-10-5-4-6-11-20;1-3-2;;;/h2*4-8,10-17H,3,9H2,1-2H3;3H,1-2H3;2*1H;/q;;;;;+2/p-2. The molecular weight excluding hydrogens is 815 g/mol. The van der Waals surface area contributed by atoms with Crippen molar-refractivity contribution in [3.63, 3.8) is 0 Å². The van der Waals surface area contributed by atoms with Crippen molar-refractivity contribution in [1.29, 1.82) is 0 Å². The second-order valence-corrected chi connectivity index (χ2v) is 59.0. The van der Waals surface area contributed by atoms with Gasteiger partial charge in [0, 0.05) is 0 Å². The average Bonchev–Trinajstić information content (AvgIpc) is 3.78. The van der Waals surface area contributed by atoms with Gasteiger partial charge in [0.05, 0.1) is 0 Å². The van der Waals surface area contributed by atoms with Crippen molar-refractivity contribution >= 4 is 35.1 Å². The van der Waals surface area contributed by atoms with Crippen molar-refractivity contribution in [2.75, 3.05) is 0 Å². The molecule has 0 spiro atoms. The normalized spacial score (nSPS) is 16.9. The molecule has 0 saturated heterocycles. The van der Waals surface area contributed by atoms with Gasteiger partial charge in [-0.25, -0.2) is 0 Å². The third-order valence-electron chi connectivity index (χ3n) is 12.8. The number of fused-ring (bicyclic) bond motifs is 2. The van der Waals surface area contributed by atoms with Crippen LogP contribution < -0.4 is 0 Å². The first-order valence-corrected chi connectivity index (χ1v) is 36.9. The zero-order valence-electron chi connectivity index (χ0n) is 33.7. The van der Waals surface area contributed by atoms with Crippen LogP contribution in [0, 0.1) is 13.8 Å². The zero-order chi connectivity index (χ0) is 39.2. The molecule has 6 aromatic carbocycles. The first-order chi connectivity index (χ1) is 27.1. The predicted molar refractivity (Wildman–Crippen MR) is 246 cm³/mol. The SMILES string of the molecule is CCCC1=Cc2c(ccc(C)c2-c2ccccc2-c2ccccc2)[CH]1[Zr]([Cl])([Cl])([CH]1C(CCC)=Cc2c1ccc(C)c2-c1ccccc1-c1ccccc1)[SiH](C)C. The third-order valence-corrected chi connectivity index (χ3v) is 64.7. The minimum absolute atomic E-state index is 0.0576. The molecule has 2 aliphatic carbocycles. The van der Waals surface area contributed by atoms with Crippen LogP contribution in [-0.4, -0.2) is 5.92 Å². The molecule has 6 aromatic rings. The summed E-state index contributed by atoms with van der Waals surface area (Å²) in [5, 5.41) is 0. The number of hydrogen-bond donors (Lipinski definition) is 0. The van der Waals surface area contributed by atoms with Crippen molar-refractivity contribution in [1.82, 2.24) is 0 Å². The summed E-state index contributed by atoms with van der Waals surface area (Å²) in [4.78, 5) is 0. The topological polar surface area (TPSA) is 0 Å². The van der Waals surface area contributed by atoms with Gasteiger partial charge in [-0.3, -0.25) is 0 Å². The second kappa shape index (κ2) is 15.7. The second-order valence-electron chi connectivity index (χ2n) is 16.5. The van der Waals surface area contributed by atoms with E-state index in [2.05, 4.69) is 186 Å². The number of allylic oxidation sites excluding steroid dienone is 2. The Morgan fingerprint density at radius 1 is 0.482 bits per heavy atom. The molecule has 0 radical (unpaired) electrons. The zero-order valence-corrected chi connectivity index (χ0v) is 38.8. The molecule has 0 amide bonds. The summed E-state index contributed by atoms with van der Waals surface area (Å²) in [6, 6.07) is 49.0. The Hall–Kier alpha value is -3.52. The Labute approximate surface area is 344 Å².